The van der Waals surface area contributed by atoms with Crippen LogP contribution in [0.2, 0.25) is 0 Å². The minimum absolute atomic E-state index is 0.143. The van der Waals surface area contributed by atoms with Crippen molar-refractivity contribution in [2.45, 2.75) is 38.2 Å². The Hall–Kier alpha value is -1.25. The average Bonchev–Trinajstić information content (AvgIpc) is 2.57. The van der Waals surface area contributed by atoms with Crippen LogP contribution in [0.25, 0.3) is 0 Å². The molecule has 0 saturated carbocycles. The fourth-order valence-corrected chi connectivity index (χ4v) is 5.57. The maximum absolute atomic E-state index is 5.56. The van der Waals surface area contributed by atoms with Crippen LogP contribution in [0.5, 0.6) is 0 Å². The molecule has 0 amide bonds. The summed E-state index contributed by atoms with van der Waals surface area (Å²) in [4.78, 5) is 4.72. The van der Waals surface area contributed by atoms with Gasteiger partial charge in [0.1, 0.15) is 14.7 Å². The standard InChI is InChI=1S/C19H23OS/c1-20-16-9-8-14-19(15-16)21(17-10-4-2-5-11-17)18-12-6-3-7-13-18/h2-4,6,8-10,12,14,16H,5,7,11,13,15H2,1H3/q+1. The first-order valence-electron chi connectivity index (χ1n) is 7.74. The van der Waals surface area contributed by atoms with Gasteiger partial charge in [0.15, 0.2) is 0 Å². The summed E-state index contributed by atoms with van der Waals surface area (Å²) < 4.78 is 5.56. The summed E-state index contributed by atoms with van der Waals surface area (Å²) in [7, 11) is 1.95. The van der Waals surface area contributed by atoms with E-state index in [4.69, 9.17) is 4.74 Å². The number of hydrogen-bond acceptors (Lipinski definition) is 1. The quantitative estimate of drug-likeness (QED) is 0.669. The largest absolute Gasteiger partial charge is 0.377 e. The van der Waals surface area contributed by atoms with Gasteiger partial charge in [0.25, 0.3) is 0 Å². The summed E-state index contributed by atoms with van der Waals surface area (Å²) in [6, 6.07) is 0. The molecule has 0 bridgehead atoms. The molecule has 0 N–H and O–H groups in total. The first-order chi connectivity index (χ1) is 10.4. The van der Waals surface area contributed by atoms with Gasteiger partial charge in [0.05, 0.1) is 17.0 Å². The van der Waals surface area contributed by atoms with E-state index >= 15 is 0 Å². The smallest absolute Gasteiger partial charge is 0.145 e. The minimum atomic E-state index is 0.143. The monoisotopic (exact) mass is 299 g/mol. The number of rotatable bonds is 4. The van der Waals surface area contributed by atoms with Crippen molar-refractivity contribution >= 4 is 10.9 Å². The van der Waals surface area contributed by atoms with Crippen LogP contribution in [-0.2, 0) is 15.6 Å². The molecule has 0 heterocycles. The summed E-state index contributed by atoms with van der Waals surface area (Å²) in [6.07, 6.45) is 26.3. The molecule has 3 aliphatic rings. The van der Waals surface area contributed by atoms with Crippen LogP contribution < -0.4 is 0 Å². The van der Waals surface area contributed by atoms with E-state index in [0.717, 1.165) is 6.42 Å². The molecule has 0 aromatic heterocycles. The topological polar surface area (TPSA) is 9.23 Å². The molecule has 0 radical (unpaired) electrons. The van der Waals surface area contributed by atoms with Gasteiger partial charge < -0.3 is 4.74 Å². The van der Waals surface area contributed by atoms with Crippen LogP contribution in [0.3, 0.4) is 0 Å². The van der Waals surface area contributed by atoms with Crippen LogP contribution in [0.1, 0.15) is 32.1 Å². The van der Waals surface area contributed by atoms with E-state index in [1.54, 1.807) is 16.9 Å². The number of hydrogen-bond donors (Lipinski definition) is 0. The maximum atomic E-state index is 5.56. The summed E-state index contributed by atoms with van der Waals surface area (Å²) in [6.45, 7) is 0. The summed E-state index contributed by atoms with van der Waals surface area (Å²) in [5.41, 5.74) is 0. The molecule has 110 valence electrons. The molecular formula is C19H23OS+. The van der Waals surface area contributed by atoms with Crippen molar-refractivity contribution in [2.24, 2.45) is 0 Å². The van der Waals surface area contributed by atoms with E-state index < -0.39 is 0 Å². The van der Waals surface area contributed by atoms with E-state index in [1.165, 1.54) is 30.6 Å². The first kappa shape index (κ1) is 14.7. The van der Waals surface area contributed by atoms with Crippen molar-refractivity contribution in [3.8, 4) is 0 Å². The van der Waals surface area contributed by atoms with Crippen molar-refractivity contribution in [3.63, 3.8) is 0 Å². The molecule has 0 spiro atoms. The van der Waals surface area contributed by atoms with Gasteiger partial charge in [0, 0.05) is 26.4 Å². The van der Waals surface area contributed by atoms with Crippen molar-refractivity contribution in [1.29, 1.82) is 0 Å². The average molecular weight is 299 g/mol. The van der Waals surface area contributed by atoms with E-state index in [1.807, 2.05) is 0 Å². The zero-order chi connectivity index (χ0) is 14.5. The zero-order valence-corrected chi connectivity index (χ0v) is 13.4. The third kappa shape index (κ3) is 3.50. The van der Waals surface area contributed by atoms with Crippen molar-refractivity contribution < 1.29 is 4.74 Å². The van der Waals surface area contributed by atoms with Gasteiger partial charge >= 0.3 is 0 Å². The van der Waals surface area contributed by atoms with Crippen molar-refractivity contribution in [2.75, 3.05) is 7.11 Å². The highest BCUT2D eigenvalue weighted by molar-refractivity contribution is 8.07. The van der Waals surface area contributed by atoms with Gasteiger partial charge in [-0.3, -0.25) is 0 Å². The molecule has 3 rings (SSSR count). The summed E-state index contributed by atoms with van der Waals surface area (Å²) in [5.74, 6) is 0. The molecule has 0 saturated heterocycles. The van der Waals surface area contributed by atoms with Gasteiger partial charge in [-0.2, -0.15) is 0 Å². The molecule has 2 heteroatoms. The third-order valence-electron chi connectivity index (χ3n) is 4.05. The van der Waals surface area contributed by atoms with Crippen LogP contribution >= 0.6 is 0 Å². The lowest BCUT2D eigenvalue weighted by molar-refractivity contribution is 0.142. The van der Waals surface area contributed by atoms with Crippen LogP contribution in [0.15, 0.2) is 69.4 Å². The molecule has 21 heavy (non-hydrogen) atoms. The van der Waals surface area contributed by atoms with Gasteiger partial charge in [0.2, 0.25) is 0 Å². The SMILES string of the molecule is COC1C=CC=C([S+](C2=CC=CCC2)C2=CC=CCC2)C1. The Morgan fingerprint density at radius 1 is 0.905 bits per heavy atom. The Bertz CT molecular complexity index is 528. The molecule has 0 aromatic rings. The lowest BCUT2D eigenvalue weighted by Gasteiger charge is -2.21. The van der Waals surface area contributed by atoms with Crippen molar-refractivity contribution in [1.82, 2.24) is 0 Å². The molecule has 3 aliphatic carbocycles. The fraction of sp³-hybridized carbons (Fsp3) is 0.368. The number of methoxy groups -OCH3 is 1. The Kier molecular flexibility index (Phi) is 5.00. The molecule has 1 atom stereocenters. The Morgan fingerprint density at radius 3 is 2.05 bits per heavy atom. The van der Waals surface area contributed by atoms with Crippen molar-refractivity contribution in [3.05, 3.63) is 69.4 Å². The predicted molar refractivity (Wildman–Crippen MR) is 92.9 cm³/mol. The summed E-state index contributed by atoms with van der Waals surface area (Å²) in [5, 5.41) is 0. The van der Waals surface area contributed by atoms with E-state index in [2.05, 4.69) is 54.7 Å². The molecule has 1 nitrogen and oxygen atoms in total. The first-order valence-corrected chi connectivity index (χ1v) is 8.97. The zero-order valence-electron chi connectivity index (χ0n) is 12.6. The molecule has 0 aromatic carbocycles. The van der Waals surface area contributed by atoms with Gasteiger partial charge in [-0.05, 0) is 31.1 Å². The molecular weight excluding hydrogens is 276 g/mol. The Balaban J connectivity index is 1.92. The minimum Gasteiger partial charge on any atom is -0.377 e. The highest BCUT2D eigenvalue weighted by Crippen LogP contribution is 2.39. The molecule has 1 unspecified atom stereocenters. The lowest BCUT2D eigenvalue weighted by atomic mass is 10.1. The van der Waals surface area contributed by atoms with Crippen LogP contribution in [0, 0.1) is 0 Å². The number of allylic oxidation sites excluding steroid dienone is 10. The maximum Gasteiger partial charge on any atom is 0.145 e. The molecule has 0 aliphatic heterocycles. The third-order valence-corrected chi connectivity index (χ3v) is 6.61. The second kappa shape index (κ2) is 7.15. The second-order valence-electron chi connectivity index (χ2n) is 5.50. The van der Waals surface area contributed by atoms with Crippen LogP contribution in [-0.4, -0.2) is 13.2 Å². The molecule has 0 fully saturated rings. The summed E-state index contributed by atoms with van der Waals surface area (Å²) >= 11 is 0. The highest BCUT2D eigenvalue weighted by atomic mass is 32.2. The predicted octanol–water partition coefficient (Wildman–Crippen LogP) is 4.93. The highest BCUT2D eigenvalue weighted by Gasteiger charge is 2.36. The van der Waals surface area contributed by atoms with E-state index in [-0.39, 0.29) is 17.0 Å². The Morgan fingerprint density at radius 2 is 1.52 bits per heavy atom. The van der Waals surface area contributed by atoms with Gasteiger partial charge in [-0.1, -0.05) is 36.5 Å². The lowest BCUT2D eigenvalue weighted by Crippen LogP contribution is -2.19. The van der Waals surface area contributed by atoms with Crippen LogP contribution in [0.4, 0.5) is 0 Å². The Labute approximate surface area is 130 Å². The van der Waals surface area contributed by atoms with Gasteiger partial charge in [-0.15, -0.1) is 0 Å². The second-order valence-corrected chi connectivity index (χ2v) is 7.69. The van der Waals surface area contributed by atoms with E-state index in [0.29, 0.717) is 0 Å². The van der Waals surface area contributed by atoms with E-state index in [9.17, 15) is 0 Å². The van der Waals surface area contributed by atoms with Gasteiger partial charge in [-0.25, -0.2) is 0 Å². The fourth-order valence-electron chi connectivity index (χ4n) is 2.94. The normalized spacial score (nSPS) is 24.9. The number of ether oxygens (including phenoxy) is 1.